The van der Waals surface area contributed by atoms with Gasteiger partial charge in [-0.2, -0.15) is 0 Å². The molecule has 2 atom stereocenters. The molecule has 0 bridgehead atoms. The lowest BCUT2D eigenvalue weighted by Gasteiger charge is -2.29. The minimum atomic E-state index is -3.48. The first-order chi connectivity index (χ1) is 8.82. The summed E-state index contributed by atoms with van der Waals surface area (Å²) >= 11 is 0. The molecule has 1 fully saturated rings. The van der Waals surface area contributed by atoms with Gasteiger partial charge in [-0.05, 0) is 26.7 Å². The molecule has 1 saturated carbocycles. The van der Waals surface area contributed by atoms with Gasteiger partial charge < -0.3 is 9.84 Å². The maximum atomic E-state index is 11.9. The fourth-order valence-electron chi connectivity index (χ4n) is 2.25. The van der Waals surface area contributed by atoms with E-state index in [2.05, 4.69) is 4.72 Å². The summed E-state index contributed by atoms with van der Waals surface area (Å²) in [5.41, 5.74) is 0. The standard InChI is InChI=1S/C12H23NO5S/c1-9(2)18-7-8-19(16,17)13-11-6-4-3-5-10(11)12(14)15/h9-11,13H,3-8H2,1-2H3,(H,14,15). The minimum Gasteiger partial charge on any atom is -0.481 e. The van der Waals surface area contributed by atoms with Crippen LogP contribution in [-0.4, -0.2) is 44.0 Å². The van der Waals surface area contributed by atoms with E-state index in [0.717, 1.165) is 12.8 Å². The van der Waals surface area contributed by atoms with Crippen molar-refractivity contribution < 1.29 is 23.1 Å². The van der Waals surface area contributed by atoms with E-state index in [0.29, 0.717) is 12.8 Å². The lowest BCUT2D eigenvalue weighted by Crippen LogP contribution is -2.46. The zero-order valence-corrected chi connectivity index (χ0v) is 12.3. The Balaban J connectivity index is 2.52. The van der Waals surface area contributed by atoms with Crippen LogP contribution in [0.1, 0.15) is 39.5 Å². The normalized spacial score (nSPS) is 24.6. The predicted octanol–water partition coefficient (Wildman–Crippen LogP) is 0.974. The Labute approximate surface area is 114 Å². The van der Waals surface area contributed by atoms with E-state index in [9.17, 15) is 13.2 Å². The van der Waals surface area contributed by atoms with Crippen LogP contribution < -0.4 is 4.72 Å². The van der Waals surface area contributed by atoms with Crippen LogP contribution in [0.3, 0.4) is 0 Å². The maximum absolute atomic E-state index is 11.9. The topological polar surface area (TPSA) is 92.7 Å². The molecule has 6 nitrogen and oxygen atoms in total. The Morgan fingerprint density at radius 2 is 2.00 bits per heavy atom. The third-order valence-corrected chi connectivity index (χ3v) is 4.58. The van der Waals surface area contributed by atoms with Gasteiger partial charge in [0, 0.05) is 6.04 Å². The van der Waals surface area contributed by atoms with Gasteiger partial charge in [0.25, 0.3) is 0 Å². The SMILES string of the molecule is CC(C)OCCS(=O)(=O)NC1CCCCC1C(=O)O. The van der Waals surface area contributed by atoms with Crippen LogP contribution in [0.4, 0.5) is 0 Å². The van der Waals surface area contributed by atoms with E-state index >= 15 is 0 Å². The molecule has 2 unspecified atom stereocenters. The summed E-state index contributed by atoms with van der Waals surface area (Å²) in [6.45, 7) is 3.79. The first-order valence-electron chi connectivity index (χ1n) is 6.66. The van der Waals surface area contributed by atoms with E-state index in [1.165, 1.54) is 0 Å². The Bertz CT molecular complexity index is 393. The maximum Gasteiger partial charge on any atom is 0.308 e. The number of hydrogen-bond acceptors (Lipinski definition) is 4. The van der Waals surface area contributed by atoms with Crippen LogP contribution in [0.5, 0.6) is 0 Å². The zero-order valence-electron chi connectivity index (χ0n) is 11.5. The number of carbonyl (C=O) groups is 1. The van der Waals surface area contributed by atoms with E-state index in [1.807, 2.05) is 13.8 Å². The summed E-state index contributed by atoms with van der Waals surface area (Å²) < 4.78 is 31.4. The van der Waals surface area contributed by atoms with Crippen molar-refractivity contribution >= 4 is 16.0 Å². The fourth-order valence-corrected chi connectivity index (χ4v) is 3.43. The lowest BCUT2D eigenvalue weighted by molar-refractivity contribution is -0.143. The molecule has 0 spiro atoms. The number of aliphatic carboxylic acids is 1. The molecule has 112 valence electrons. The zero-order chi connectivity index (χ0) is 14.5. The number of ether oxygens (including phenoxy) is 1. The fraction of sp³-hybridized carbons (Fsp3) is 0.917. The van der Waals surface area contributed by atoms with Gasteiger partial charge in [-0.15, -0.1) is 0 Å². The molecule has 0 aromatic carbocycles. The molecule has 2 N–H and O–H groups in total. The summed E-state index contributed by atoms with van der Waals surface area (Å²) in [6.07, 6.45) is 2.80. The van der Waals surface area contributed by atoms with Gasteiger partial charge in [-0.1, -0.05) is 12.8 Å². The Hall–Kier alpha value is -0.660. The number of hydrogen-bond donors (Lipinski definition) is 2. The summed E-state index contributed by atoms with van der Waals surface area (Å²) in [7, 11) is -3.48. The van der Waals surface area contributed by atoms with Crippen LogP contribution in [0.25, 0.3) is 0 Å². The highest BCUT2D eigenvalue weighted by molar-refractivity contribution is 7.89. The van der Waals surface area contributed by atoms with Gasteiger partial charge in [0.2, 0.25) is 10.0 Å². The van der Waals surface area contributed by atoms with Gasteiger partial charge in [0.15, 0.2) is 0 Å². The van der Waals surface area contributed by atoms with Crippen LogP contribution in [-0.2, 0) is 19.6 Å². The van der Waals surface area contributed by atoms with Crippen molar-refractivity contribution in [3.05, 3.63) is 0 Å². The smallest absolute Gasteiger partial charge is 0.308 e. The van der Waals surface area contributed by atoms with Crippen molar-refractivity contribution in [1.29, 1.82) is 0 Å². The highest BCUT2D eigenvalue weighted by atomic mass is 32.2. The summed E-state index contributed by atoms with van der Waals surface area (Å²) in [5, 5.41) is 9.09. The van der Waals surface area contributed by atoms with Gasteiger partial charge >= 0.3 is 5.97 Å². The summed E-state index contributed by atoms with van der Waals surface area (Å²) in [6, 6.07) is -0.490. The predicted molar refractivity (Wildman–Crippen MR) is 71.4 cm³/mol. The van der Waals surface area contributed by atoms with Gasteiger partial charge in [-0.25, -0.2) is 13.1 Å². The average molecular weight is 293 g/mol. The van der Waals surface area contributed by atoms with Crippen molar-refractivity contribution in [2.75, 3.05) is 12.4 Å². The van der Waals surface area contributed by atoms with Crippen LogP contribution in [0, 0.1) is 5.92 Å². The molecule has 1 aliphatic rings. The molecule has 0 radical (unpaired) electrons. The van der Waals surface area contributed by atoms with Gasteiger partial charge in [0.05, 0.1) is 24.4 Å². The summed E-state index contributed by atoms with van der Waals surface area (Å²) in [5.74, 6) is -1.67. The number of rotatable bonds is 7. The number of sulfonamides is 1. The first kappa shape index (κ1) is 16.4. The number of nitrogens with one attached hydrogen (secondary N) is 1. The van der Waals surface area contributed by atoms with E-state index in [-0.39, 0.29) is 18.5 Å². The first-order valence-corrected chi connectivity index (χ1v) is 8.31. The number of carboxylic acids is 1. The molecule has 0 aromatic rings. The monoisotopic (exact) mass is 293 g/mol. The second kappa shape index (κ2) is 7.21. The molecule has 7 heteroatoms. The molecule has 0 amide bonds. The quantitative estimate of drug-likeness (QED) is 0.729. The van der Waals surface area contributed by atoms with E-state index in [4.69, 9.17) is 9.84 Å². The average Bonchev–Trinajstić information content (AvgIpc) is 2.27. The van der Waals surface area contributed by atoms with Crippen LogP contribution in [0.2, 0.25) is 0 Å². The Morgan fingerprint density at radius 3 is 2.58 bits per heavy atom. The molecule has 0 aliphatic heterocycles. The van der Waals surface area contributed by atoms with Crippen molar-refractivity contribution in [2.24, 2.45) is 5.92 Å². The Morgan fingerprint density at radius 1 is 1.37 bits per heavy atom. The molecule has 0 saturated heterocycles. The molecular formula is C12H23NO5S. The highest BCUT2D eigenvalue weighted by Crippen LogP contribution is 2.25. The molecule has 1 rings (SSSR count). The van der Waals surface area contributed by atoms with Crippen molar-refractivity contribution in [1.82, 2.24) is 4.72 Å². The minimum absolute atomic E-state index is 0.0170. The van der Waals surface area contributed by atoms with Crippen molar-refractivity contribution in [3.8, 4) is 0 Å². The van der Waals surface area contributed by atoms with Gasteiger partial charge in [-0.3, -0.25) is 4.79 Å². The van der Waals surface area contributed by atoms with Gasteiger partial charge in [0.1, 0.15) is 0 Å². The van der Waals surface area contributed by atoms with Crippen LogP contribution in [0.15, 0.2) is 0 Å². The summed E-state index contributed by atoms with van der Waals surface area (Å²) in [4.78, 5) is 11.1. The molecule has 0 aromatic heterocycles. The Kier molecular flexibility index (Phi) is 6.22. The largest absolute Gasteiger partial charge is 0.481 e. The van der Waals surface area contributed by atoms with Crippen molar-refractivity contribution in [3.63, 3.8) is 0 Å². The molecule has 19 heavy (non-hydrogen) atoms. The van der Waals surface area contributed by atoms with Crippen molar-refractivity contribution in [2.45, 2.75) is 51.7 Å². The second-order valence-corrected chi connectivity index (χ2v) is 7.07. The van der Waals surface area contributed by atoms with Crippen LogP contribution >= 0.6 is 0 Å². The lowest BCUT2D eigenvalue weighted by atomic mass is 9.85. The van der Waals surface area contributed by atoms with E-state index < -0.39 is 28.0 Å². The third kappa shape index (κ3) is 5.88. The highest BCUT2D eigenvalue weighted by Gasteiger charge is 2.33. The molecule has 1 aliphatic carbocycles. The second-order valence-electron chi connectivity index (χ2n) is 5.19. The third-order valence-electron chi connectivity index (χ3n) is 3.22. The molecule has 0 heterocycles. The number of carboxylic acid groups (broad SMARTS) is 1. The van der Waals surface area contributed by atoms with E-state index in [1.54, 1.807) is 0 Å². The molecular weight excluding hydrogens is 270 g/mol.